The van der Waals surface area contributed by atoms with Gasteiger partial charge in [-0.15, -0.1) is 0 Å². The molecule has 0 saturated carbocycles. The van der Waals surface area contributed by atoms with E-state index in [1.807, 2.05) is 18.2 Å². The zero-order chi connectivity index (χ0) is 13.5. The topological polar surface area (TPSA) is 29.3 Å². The van der Waals surface area contributed by atoms with Crippen LogP contribution in [0.1, 0.15) is 39.2 Å². The van der Waals surface area contributed by atoms with Crippen LogP contribution in [0.2, 0.25) is 0 Å². The number of nitrogens with two attached hydrogens (primary N) is 1. The van der Waals surface area contributed by atoms with E-state index in [2.05, 4.69) is 31.7 Å². The molecule has 0 radical (unpaired) electrons. The van der Waals surface area contributed by atoms with Crippen LogP contribution in [0.4, 0.5) is 5.69 Å². The zero-order valence-corrected chi connectivity index (χ0v) is 12.5. The van der Waals surface area contributed by atoms with Gasteiger partial charge in [0.2, 0.25) is 0 Å². The second kappa shape index (κ2) is 7.37. The fourth-order valence-corrected chi connectivity index (χ4v) is 2.39. The van der Waals surface area contributed by atoms with E-state index in [1.165, 1.54) is 18.5 Å². The SMILES string of the molecule is CCC(CC)CN(CC)c1ccccc1C(N)=S. The number of hydrogen-bond donors (Lipinski definition) is 1. The van der Waals surface area contributed by atoms with Crippen molar-refractivity contribution in [2.45, 2.75) is 33.6 Å². The number of para-hydroxylation sites is 1. The van der Waals surface area contributed by atoms with Crippen LogP contribution in [0.15, 0.2) is 24.3 Å². The molecule has 0 aromatic heterocycles. The highest BCUT2D eigenvalue weighted by Crippen LogP contribution is 2.22. The van der Waals surface area contributed by atoms with Gasteiger partial charge in [-0.2, -0.15) is 0 Å². The van der Waals surface area contributed by atoms with E-state index in [4.69, 9.17) is 18.0 Å². The van der Waals surface area contributed by atoms with Gasteiger partial charge in [0.1, 0.15) is 4.99 Å². The first-order valence-corrected chi connectivity index (χ1v) is 7.18. The lowest BCUT2D eigenvalue weighted by molar-refractivity contribution is 0.486. The average Bonchev–Trinajstić information content (AvgIpc) is 2.40. The smallest absolute Gasteiger partial charge is 0.106 e. The van der Waals surface area contributed by atoms with Gasteiger partial charge < -0.3 is 10.6 Å². The summed E-state index contributed by atoms with van der Waals surface area (Å²) in [5, 5.41) is 0. The normalized spacial score (nSPS) is 10.7. The van der Waals surface area contributed by atoms with Crippen LogP contribution in [0.3, 0.4) is 0 Å². The molecule has 0 aliphatic heterocycles. The Morgan fingerprint density at radius 2 is 1.83 bits per heavy atom. The van der Waals surface area contributed by atoms with Gasteiger partial charge in [0.25, 0.3) is 0 Å². The van der Waals surface area contributed by atoms with Gasteiger partial charge >= 0.3 is 0 Å². The van der Waals surface area contributed by atoms with Crippen molar-refractivity contribution in [3.63, 3.8) is 0 Å². The summed E-state index contributed by atoms with van der Waals surface area (Å²) in [4.78, 5) is 2.86. The number of benzene rings is 1. The fraction of sp³-hybridized carbons (Fsp3) is 0.533. The molecule has 0 heterocycles. The first-order valence-electron chi connectivity index (χ1n) is 6.77. The molecule has 0 spiro atoms. The number of hydrogen-bond acceptors (Lipinski definition) is 2. The quantitative estimate of drug-likeness (QED) is 0.763. The van der Waals surface area contributed by atoms with E-state index in [9.17, 15) is 0 Å². The van der Waals surface area contributed by atoms with Crippen molar-refractivity contribution in [1.82, 2.24) is 0 Å². The monoisotopic (exact) mass is 264 g/mol. The molecular formula is C15H24N2S. The molecule has 0 amide bonds. The fourth-order valence-electron chi connectivity index (χ4n) is 2.21. The highest BCUT2D eigenvalue weighted by molar-refractivity contribution is 7.80. The predicted molar refractivity (Wildman–Crippen MR) is 84.3 cm³/mol. The van der Waals surface area contributed by atoms with Crippen LogP contribution in [0.25, 0.3) is 0 Å². The van der Waals surface area contributed by atoms with Crippen LogP contribution < -0.4 is 10.6 Å². The van der Waals surface area contributed by atoms with Crippen molar-refractivity contribution >= 4 is 22.9 Å². The Kier molecular flexibility index (Phi) is 6.13. The lowest BCUT2D eigenvalue weighted by atomic mass is 10.0. The predicted octanol–water partition coefficient (Wildman–Crippen LogP) is 3.58. The van der Waals surface area contributed by atoms with E-state index in [1.54, 1.807) is 0 Å². The van der Waals surface area contributed by atoms with Gasteiger partial charge in [-0.05, 0) is 25.0 Å². The third-order valence-electron chi connectivity index (χ3n) is 3.53. The molecule has 0 aliphatic carbocycles. The van der Waals surface area contributed by atoms with Crippen molar-refractivity contribution in [2.75, 3.05) is 18.0 Å². The van der Waals surface area contributed by atoms with Crippen LogP contribution in [-0.4, -0.2) is 18.1 Å². The summed E-state index contributed by atoms with van der Waals surface area (Å²) in [6.07, 6.45) is 2.42. The van der Waals surface area contributed by atoms with Crippen molar-refractivity contribution in [1.29, 1.82) is 0 Å². The molecule has 0 saturated heterocycles. The molecule has 18 heavy (non-hydrogen) atoms. The third kappa shape index (κ3) is 3.70. The van der Waals surface area contributed by atoms with Gasteiger partial charge in [0, 0.05) is 24.3 Å². The Balaban J connectivity index is 2.97. The third-order valence-corrected chi connectivity index (χ3v) is 3.75. The van der Waals surface area contributed by atoms with E-state index in [-0.39, 0.29) is 0 Å². The second-order valence-corrected chi connectivity index (χ2v) is 5.04. The molecule has 0 fully saturated rings. The maximum absolute atomic E-state index is 5.81. The molecule has 2 N–H and O–H groups in total. The second-order valence-electron chi connectivity index (χ2n) is 4.60. The lowest BCUT2D eigenvalue weighted by Gasteiger charge is -2.29. The summed E-state index contributed by atoms with van der Waals surface area (Å²) >= 11 is 5.14. The molecule has 0 aliphatic rings. The summed E-state index contributed by atoms with van der Waals surface area (Å²) in [6, 6.07) is 8.16. The Hall–Kier alpha value is -1.09. The molecule has 0 unspecified atom stereocenters. The molecule has 1 aromatic carbocycles. The molecule has 3 heteroatoms. The van der Waals surface area contributed by atoms with E-state index in [0.717, 1.165) is 24.6 Å². The Labute approximate surface area is 116 Å². The Morgan fingerprint density at radius 3 is 2.33 bits per heavy atom. The van der Waals surface area contributed by atoms with Gasteiger partial charge in [-0.25, -0.2) is 0 Å². The molecule has 1 rings (SSSR count). The summed E-state index contributed by atoms with van der Waals surface area (Å²) in [5.74, 6) is 0.726. The van der Waals surface area contributed by atoms with Crippen molar-refractivity contribution in [3.8, 4) is 0 Å². The van der Waals surface area contributed by atoms with E-state index >= 15 is 0 Å². The molecule has 100 valence electrons. The minimum atomic E-state index is 0.480. The summed E-state index contributed by atoms with van der Waals surface area (Å²) in [6.45, 7) is 8.74. The summed E-state index contributed by atoms with van der Waals surface area (Å²) in [5.41, 5.74) is 7.96. The molecule has 0 bridgehead atoms. The van der Waals surface area contributed by atoms with Crippen LogP contribution >= 0.6 is 12.2 Å². The Bertz CT molecular complexity index is 386. The molecular weight excluding hydrogens is 240 g/mol. The lowest BCUT2D eigenvalue weighted by Crippen LogP contribution is -2.31. The van der Waals surface area contributed by atoms with Crippen LogP contribution in [0.5, 0.6) is 0 Å². The molecule has 0 atom stereocenters. The van der Waals surface area contributed by atoms with Gasteiger partial charge in [0.15, 0.2) is 0 Å². The number of rotatable bonds is 7. The first-order chi connectivity index (χ1) is 8.63. The van der Waals surface area contributed by atoms with Crippen LogP contribution in [-0.2, 0) is 0 Å². The zero-order valence-electron chi connectivity index (χ0n) is 11.6. The van der Waals surface area contributed by atoms with Gasteiger partial charge in [-0.3, -0.25) is 0 Å². The largest absolute Gasteiger partial charge is 0.389 e. The summed E-state index contributed by atoms with van der Waals surface area (Å²) < 4.78 is 0. The maximum Gasteiger partial charge on any atom is 0.106 e. The maximum atomic E-state index is 5.81. The molecule has 1 aromatic rings. The standard InChI is InChI=1S/C15H24N2S/c1-4-12(5-2)11-17(6-3)14-10-8-7-9-13(14)15(16)18/h7-10,12H,4-6,11H2,1-3H3,(H2,16,18). The van der Waals surface area contributed by atoms with Crippen molar-refractivity contribution < 1.29 is 0 Å². The van der Waals surface area contributed by atoms with Crippen LogP contribution in [0, 0.1) is 5.92 Å². The van der Waals surface area contributed by atoms with E-state index in [0.29, 0.717) is 4.99 Å². The van der Waals surface area contributed by atoms with E-state index < -0.39 is 0 Å². The van der Waals surface area contributed by atoms with Crippen molar-refractivity contribution in [3.05, 3.63) is 29.8 Å². The molecule has 2 nitrogen and oxygen atoms in total. The van der Waals surface area contributed by atoms with Gasteiger partial charge in [-0.1, -0.05) is 51.0 Å². The van der Waals surface area contributed by atoms with Crippen molar-refractivity contribution in [2.24, 2.45) is 11.7 Å². The number of nitrogens with zero attached hydrogens (tertiary/aromatic N) is 1. The minimum Gasteiger partial charge on any atom is -0.389 e. The highest BCUT2D eigenvalue weighted by atomic mass is 32.1. The minimum absolute atomic E-state index is 0.480. The number of anilines is 1. The average molecular weight is 264 g/mol. The highest BCUT2D eigenvalue weighted by Gasteiger charge is 2.14. The summed E-state index contributed by atoms with van der Waals surface area (Å²) in [7, 11) is 0. The van der Waals surface area contributed by atoms with Gasteiger partial charge in [0.05, 0.1) is 0 Å². The Morgan fingerprint density at radius 1 is 1.22 bits per heavy atom. The number of thiocarbonyl (C=S) groups is 1. The first kappa shape index (κ1) is 15.0.